The first-order chi connectivity index (χ1) is 10.5. The molecule has 0 atom stereocenters. The van der Waals surface area contributed by atoms with Crippen molar-refractivity contribution in [1.29, 1.82) is 0 Å². The number of carbonyl (C=O) groups is 2. The van der Waals surface area contributed by atoms with Crippen LogP contribution in [0.4, 0.5) is 0 Å². The Hall–Kier alpha value is -1.84. The summed E-state index contributed by atoms with van der Waals surface area (Å²) in [5.74, 6) is 0.206. The fourth-order valence-corrected chi connectivity index (χ4v) is 2.02. The van der Waals surface area contributed by atoms with Crippen molar-refractivity contribution in [2.75, 3.05) is 13.2 Å². The molecule has 0 unspecified atom stereocenters. The van der Waals surface area contributed by atoms with Crippen molar-refractivity contribution in [3.63, 3.8) is 0 Å². The molecule has 0 saturated carbocycles. The summed E-state index contributed by atoms with van der Waals surface area (Å²) < 4.78 is 5.12. The first-order valence-electron chi connectivity index (χ1n) is 8.05. The highest BCUT2D eigenvalue weighted by Crippen LogP contribution is 2.05. The number of benzene rings is 1. The highest BCUT2D eigenvalue weighted by atomic mass is 16.5. The zero-order valence-corrected chi connectivity index (χ0v) is 13.9. The largest absolute Gasteiger partial charge is 0.466 e. The minimum Gasteiger partial charge on any atom is -0.466 e. The Morgan fingerprint density at radius 2 is 1.86 bits per heavy atom. The van der Waals surface area contributed by atoms with Crippen molar-refractivity contribution in [2.45, 2.75) is 46.5 Å². The van der Waals surface area contributed by atoms with Crippen LogP contribution in [0.3, 0.4) is 0 Å². The number of carbonyl (C=O) groups excluding carboxylic acids is 2. The van der Waals surface area contributed by atoms with Crippen molar-refractivity contribution in [2.24, 2.45) is 5.92 Å². The predicted molar refractivity (Wildman–Crippen MR) is 87.8 cm³/mol. The van der Waals surface area contributed by atoms with E-state index >= 15 is 0 Å². The van der Waals surface area contributed by atoms with Gasteiger partial charge in [-0.15, -0.1) is 0 Å². The third-order valence-electron chi connectivity index (χ3n) is 3.43. The fourth-order valence-electron chi connectivity index (χ4n) is 2.02. The van der Waals surface area contributed by atoms with Crippen LogP contribution in [0.25, 0.3) is 0 Å². The van der Waals surface area contributed by atoms with Gasteiger partial charge in [0.15, 0.2) is 0 Å². The van der Waals surface area contributed by atoms with Gasteiger partial charge in [-0.05, 0) is 42.9 Å². The third kappa shape index (κ3) is 7.25. The second-order valence-electron chi connectivity index (χ2n) is 5.81. The van der Waals surface area contributed by atoms with Gasteiger partial charge in [0.25, 0.3) is 5.91 Å². The molecule has 1 rings (SSSR count). The van der Waals surface area contributed by atoms with Crippen LogP contribution < -0.4 is 5.32 Å². The van der Waals surface area contributed by atoms with Gasteiger partial charge in [0, 0.05) is 12.1 Å². The zero-order valence-electron chi connectivity index (χ0n) is 13.9. The van der Waals surface area contributed by atoms with Crippen molar-refractivity contribution < 1.29 is 14.3 Å². The molecule has 0 spiro atoms. The minimum absolute atomic E-state index is 0.157. The molecule has 1 aromatic carbocycles. The van der Waals surface area contributed by atoms with Gasteiger partial charge >= 0.3 is 5.97 Å². The molecule has 0 fully saturated rings. The lowest BCUT2D eigenvalue weighted by Crippen LogP contribution is -2.26. The number of rotatable bonds is 9. The summed E-state index contributed by atoms with van der Waals surface area (Å²) in [4.78, 5) is 23.4. The average molecular weight is 305 g/mol. The second kappa shape index (κ2) is 9.98. The molecular formula is C18H27NO3. The lowest BCUT2D eigenvalue weighted by Gasteiger charge is -2.08. The van der Waals surface area contributed by atoms with E-state index < -0.39 is 0 Å². The smallest absolute Gasteiger partial charge is 0.307 e. The first kappa shape index (κ1) is 18.2. The lowest BCUT2D eigenvalue weighted by atomic mass is 10.1. The molecule has 1 amide bonds. The Morgan fingerprint density at radius 1 is 1.18 bits per heavy atom. The van der Waals surface area contributed by atoms with Crippen LogP contribution in [0, 0.1) is 5.92 Å². The number of ether oxygens (including phenoxy) is 1. The van der Waals surface area contributed by atoms with E-state index in [0.29, 0.717) is 24.6 Å². The molecule has 4 nitrogen and oxygen atoms in total. The van der Waals surface area contributed by atoms with E-state index in [-0.39, 0.29) is 18.3 Å². The molecule has 122 valence electrons. The zero-order chi connectivity index (χ0) is 16.4. The maximum atomic E-state index is 11.9. The van der Waals surface area contributed by atoms with Crippen LogP contribution in [-0.2, 0) is 16.0 Å². The molecular weight excluding hydrogens is 278 g/mol. The number of esters is 1. The minimum atomic E-state index is -0.259. The number of hydrogen-bond acceptors (Lipinski definition) is 3. The fraction of sp³-hybridized carbons (Fsp3) is 0.556. The molecule has 1 N–H and O–H groups in total. The average Bonchev–Trinajstić information content (AvgIpc) is 2.51. The third-order valence-corrected chi connectivity index (χ3v) is 3.43. The summed E-state index contributed by atoms with van der Waals surface area (Å²) in [6.07, 6.45) is 3.10. The van der Waals surface area contributed by atoms with Crippen LogP contribution in [-0.4, -0.2) is 25.0 Å². The number of aryl methyl sites for hydroxylation is 1. The number of amides is 1. The van der Waals surface area contributed by atoms with Crippen LogP contribution in [0.2, 0.25) is 0 Å². The van der Waals surface area contributed by atoms with Gasteiger partial charge in [-0.25, -0.2) is 0 Å². The molecule has 22 heavy (non-hydrogen) atoms. The molecule has 0 aliphatic carbocycles. The highest BCUT2D eigenvalue weighted by Gasteiger charge is 2.07. The van der Waals surface area contributed by atoms with Gasteiger partial charge < -0.3 is 10.1 Å². The van der Waals surface area contributed by atoms with E-state index in [1.54, 1.807) is 12.1 Å². The lowest BCUT2D eigenvalue weighted by molar-refractivity contribution is -0.143. The van der Waals surface area contributed by atoms with Crippen LogP contribution in [0.5, 0.6) is 0 Å². The monoisotopic (exact) mass is 305 g/mol. The summed E-state index contributed by atoms with van der Waals surface area (Å²) in [5.41, 5.74) is 1.81. The Bertz CT molecular complexity index is 466. The van der Waals surface area contributed by atoms with Gasteiger partial charge in [-0.1, -0.05) is 32.9 Å². The maximum absolute atomic E-state index is 11.9. The SMILES string of the molecule is CCc1ccc(C(=O)NCCC(=O)OCCCC(C)C)cc1. The molecule has 1 aromatic rings. The molecule has 0 heterocycles. The number of hydrogen-bond donors (Lipinski definition) is 1. The van der Waals surface area contributed by atoms with E-state index in [2.05, 4.69) is 26.1 Å². The van der Waals surface area contributed by atoms with Gasteiger partial charge in [0.2, 0.25) is 0 Å². The normalized spacial score (nSPS) is 10.5. The summed E-state index contributed by atoms with van der Waals surface area (Å²) in [5, 5.41) is 2.74. The van der Waals surface area contributed by atoms with Crippen molar-refractivity contribution in [3.8, 4) is 0 Å². The summed E-state index contributed by atoms with van der Waals surface area (Å²) in [6, 6.07) is 7.49. The topological polar surface area (TPSA) is 55.4 Å². The first-order valence-corrected chi connectivity index (χ1v) is 8.05. The highest BCUT2D eigenvalue weighted by molar-refractivity contribution is 5.94. The van der Waals surface area contributed by atoms with Crippen molar-refractivity contribution in [3.05, 3.63) is 35.4 Å². The quantitative estimate of drug-likeness (QED) is 0.562. The van der Waals surface area contributed by atoms with Crippen LogP contribution >= 0.6 is 0 Å². The van der Waals surface area contributed by atoms with Gasteiger partial charge in [0.05, 0.1) is 13.0 Å². The molecule has 0 aromatic heterocycles. The van der Waals surface area contributed by atoms with E-state index in [1.807, 2.05) is 12.1 Å². The summed E-state index contributed by atoms with van der Waals surface area (Å²) in [6.45, 7) is 7.12. The van der Waals surface area contributed by atoms with Gasteiger partial charge in [-0.3, -0.25) is 9.59 Å². The van der Waals surface area contributed by atoms with E-state index in [9.17, 15) is 9.59 Å². The molecule has 0 saturated heterocycles. The molecule has 0 bridgehead atoms. The van der Waals surface area contributed by atoms with Gasteiger partial charge in [0.1, 0.15) is 0 Å². The van der Waals surface area contributed by atoms with E-state index in [1.165, 1.54) is 5.56 Å². The molecule has 0 aliphatic rings. The summed E-state index contributed by atoms with van der Waals surface area (Å²) in [7, 11) is 0. The summed E-state index contributed by atoms with van der Waals surface area (Å²) >= 11 is 0. The maximum Gasteiger partial charge on any atom is 0.307 e. The second-order valence-corrected chi connectivity index (χ2v) is 5.81. The number of nitrogens with one attached hydrogen (secondary N) is 1. The van der Waals surface area contributed by atoms with Gasteiger partial charge in [-0.2, -0.15) is 0 Å². The Morgan fingerprint density at radius 3 is 2.45 bits per heavy atom. The van der Waals surface area contributed by atoms with Crippen LogP contribution in [0.1, 0.15) is 56.0 Å². The van der Waals surface area contributed by atoms with Crippen molar-refractivity contribution in [1.82, 2.24) is 5.32 Å². The van der Waals surface area contributed by atoms with Crippen LogP contribution in [0.15, 0.2) is 24.3 Å². The molecule has 0 aliphatic heterocycles. The van der Waals surface area contributed by atoms with E-state index in [4.69, 9.17) is 4.74 Å². The Balaban J connectivity index is 2.19. The Kier molecular flexibility index (Phi) is 8.26. The van der Waals surface area contributed by atoms with E-state index in [0.717, 1.165) is 19.3 Å². The van der Waals surface area contributed by atoms with Crippen molar-refractivity contribution >= 4 is 11.9 Å². The molecule has 0 radical (unpaired) electrons. The predicted octanol–water partition coefficient (Wildman–Crippen LogP) is 3.35. The molecule has 4 heteroatoms. The standard InChI is InChI=1S/C18H27NO3/c1-4-15-7-9-16(10-8-15)18(21)19-12-11-17(20)22-13-5-6-14(2)3/h7-10,14H,4-6,11-13H2,1-3H3,(H,19,21). The Labute approximate surface area is 133 Å².